The number of allylic oxidation sites excluding steroid dienone is 1. The largest absolute Gasteiger partial charge is 0.199 e. The molecule has 0 radical (unpaired) electrons. The van der Waals surface area contributed by atoms with Crippen LogP contribution in [0.1, 0.15) is 19.3 Å². The molecule has 0 aliphatic heterocycles. The molecule has 0 saturated carbocycles. The summed E-state index contributed by atoms with van der Waals surface area (Å²) in [6, 6.07) is 1.13. The monoisotopic (exact) mass is 136 g/mol. The number of hydrogen-bond donors (Lipinski definition) is 0. The lowest BCUT2D eigenvalue weighted by Crippen LogP contribution is -2.01. The van der Waals surface area contributed by atoms with Crippen LogP contribution in [0.5, 0.6) is 0 Å². The van der Waals surface area contributed by atoms with E-state index in [0.29, 0.717) is 0 Å². The van der Waals surface area contributed by atoms with Gasteiger partial charge < -0.3 is 0 Å². The summed E-state index contributed by atoms with van der Waals surface area (Å²) in [6.45, 7) is 0. The highest BCUT2D eigenvalue weighted by Gasteiger charge is 2.15. The Morgan fingerprint density at radius 3 is 3.00 bits per heavy atom. The fourth-order valence-corrected chi connectivity index (χ4v) is 1.12. The van der Waals surface area contributed by atoms with Gasteiger partial charge in [-0.1, -0.05) is 6.08 Å². The lowest BCUT2D eigenvalue weighted by molar-refractivity contribution is 0.844. The van der Waals surface area contributed by atoms with Crippen molar-refractivity contribution in [3.05, 3.63) is 16.6 Å². The van der Waals surface area contributed by atoms with Gasteiger partial charge in [0.15, 0.2) is 6.04 Å². The molecule has 1 aliphatic carbocycles. The lowest BCUT2D eigenvalue weighted by atomic mass is 10.1. The Morgan fingerprint density at radius 2 is 2.60 bits per heavy atom. The number of hydrogen-bond acceptors (Lipinski definition) is 3. The summed E-state index contributed by atoms with van der Waals surface area (Å²) in [6.07, 6.45) is 4.85. The molecule has 10 heavy (non-hydrogen) atoms. The van der Waals surface area contributed by atoms with E-state index in [0.717, 1.165) is 24.8 Å². The van der Waals surface area contributed by atoms with E-state index in [1.165, 1.54) is 0 Å². The smallest absolute Gasteiger partial charge is 0.195 e. The molecule has 1 atom stereocenters. The third-order valence-corrected chi connectivity index (χ3v) is 1.66. The molecule has 3 heteroatoms. The van der Waals surface area contributed by atoms with E-state index >= 15 is 0 Å². The van der Waals surface area contributed by atoms with Crippen LogP contribution in [0, 0.1) is 16.2 Å². The molecule has 0 N–H and O–H groups in total. The van der Waals surface area contributed by atoms with E-state index < -0.39 is 6.04 Å². The summed E-state index contributed by atoms with van der Waals surface area (Å²) in [5.74, 6) is 0. The number of nitrogens with zero attached hydrogens (tertiary/aromatic N) is 2. The summed E-state index contributed by atoms with van der Waals surface area (Å²) in [7, 11) is 0. The Kier molecular flexibility index (Phi) is 2.16. The van der Waals surface area contributed by atoms with Crippen LogP contribution in [0.4, 0.5) is 0 Å². The summed E-state index contributed by atoms with van der Waals surface area (Å²) < 4.78 is 0. The van der Waals surface area contributed by atoms with Gasteiger partial charge in [0.25, 0.3) is 0 Å². The second-order valence-electron chi connectivity index (χ2n) is 2.31. The average molecular weight is 136 g/mol. The zero-order valence-electron chi connectivity index (χ0n) is 5.58. The summed E-state index contributed by atoms with van der Waals surface area (Å²) >= 11 is 0. The molecule has 0 aromatic heterocycles. The van der Waals surface area contributed by atoms with Crippen LogP contribution in [0.2, 0.25) is 0 Å². The normalized spacial score (nSPS) is 19.3. The molecule has 0 amide bonds. The van der Waals surface area contributed by atoms with E-state index in [1.807, 2.05) is 12.1 Å². The predicted octanol–water partition coefficient (Wildman–Crippen LogP) is 1.76. The van der Waals surface area contributed by atoms with Crippen molar-refractivity contribution < 1.29 is 0 Å². The van der Waals surface area contributed by atoms with Crippen molar-refractivity contribution in [2.24, 2.45) is 5.18 Å². The molecule has 1 rings (SSSR count). The summed E-state index contributed by atoms with van der Waals surface area (Å²) in [5, 5.41) is 11.1. The molecule has 0 fully saturated rings. The van der Waals surface area contributed by atoms with Crippen molar-refractivity contribution in [2.75, 3.05) is 0 Å². The molecule has 0 heterocycles. The molecule has 0 bridgehead atoms. The zero-order chi connectivity index (χ0) is 7.40. The van der Waals surface area contributed by atoms with Crippen molar-refractivity contribution in [2.45, 2.75) is 25.3 Å². The van der Waals surface area contributed by atoms with Crippen LogP contribution in [0.25, 0.3) is 0 Å². The molecule has 3 nitrogen and oxygen atoms in total. The molecular weight excluding hydrogens is 128 g/mol. The first-order chi connectivity index (χ1) is 4.88. The van der Waals surface area contributed by atoms with Gasteiger partial charge in [-0.15, -0.1) is 4.91 Å². The van der Waals surface area contributed by atoms with Gasteiger partial charge in [-0.05, 0) is 30.0 Å². The fourth-order valence-electron chi connectivity index (χ4n) is 1.12. The molecule has 1 unspecified atom stereocenters. The zero-order valence-corrected chi connectivity index (χ0v) is 5.58. The fraction of sp³-hybridized carbons (Fsp3) is 0.571. The minimum Gasteiger partial charge on any atom is -0.195 e. The third kappa shape index (κ3) is 1.21. The molecular formula is C7H8N2O. The molecule has 0 spiro atoms. The first-order valence-corrected chi connectivity index (χ1v) is 3.29. The van der Waals surface area contributed by atoms with Gasteiger partial charge in [0, 0.05) is 0 Å². The standard InChI is InChI=1S/C7H8N2O/c8-5-7(9-10)6-3-1-2-4-6/h3,7H,1-2,4H2. The highest BCUT2D eigenvalue weighted by molar-refractivity contribution is 5.22. The molecule has 0 aromatic rings. The maximum Gasteiger partial charge on any atom is 0.199 e. The van der Waals surface area contributed by atoms with Crippen LogP contribution in [0.15, 0.2) is 16.8 Å². The highest BCUT2D eigenvalue weighted by atomic mass is 16.3. The molecule has 1 aliphatic rings. The van der Waals surface area contributed by atoms with Gasteiger partial charge in [0.1, 0.15) is 0 Å². The predicted molar refractivity (Wildman–Crippen MR) is 37.1 cm³/mol. The average Bonchev–Trinajstić information content (AvgIpc) is 2.43. The first kappa shape index (κ1) is 6.94. The van der Waals surface area contributed by atoms with Crippen molar-refractivity contribution >= 4 is 0 Å². The Labute approximate surface area is 59.3 Å². The van der Waals surface area contributed by atoms with E-state index in [2.05, 4.69) is 5.18 Å². The molecule has 0 saturated heterocycles. The minimum atomic E-state index is -0.720. The lowest BCUT2D eigenvalue weighted by Gasteiger charge is -1.97. The van der Waals surface area contributed by atoms with E-state index in [-0.39, 0.29) is 0 Å². The number of nitroso groups, excluding NO2 is 1. The quantitative estimate of drug-likeness (QED) is 0.429. The van der Waals surface area contributed by atoms with Crippen molar-refractivity contribution in [1.29, 1.82) is 5.26 Å². The van der Waals surface area contributed by atoms with Crippen LogP contribution < -0.4 is 0 Å². The first-order valence-electron chi connectivity index (χ1n) is 3.29. The van der Waals surface area contributed by atoms with Gasteiger partial charge in [-0.25, -0.2) is 0 Å². The second-order valence-corrected chi connectivity index (χ2v) is 2.31. The molecule has 0 aromatic carbocycles. The Morgan fingerprint density at radius 1 is 1.80 bits per heavy atom. The SMILES string of the molecule is N#CC(N=O)C1=CCCC1. The third-order valence-electron chi connectivity index (χ3n) is 1.66. The van der Waals surface area contributed by atoms with Gasteiger partial charge in [0.2, 0.25) is 0 Å². The summed E-state index contributed by atoms with van der Waals surface area (Å²) in [5.41, 5.74) is 0.900. The van der Waals surface area contributed by atoms with Gasteiger partial charge in [-0.2, -0.15) is 5.26 Å². The van der Waals surface area contributed by atoms with Crippen LogP contribution in [0.3, 0.4) is 0 Å². The summed E-state index contributed by atoms with van der Waals surface area (Å²) in [4.78, 5) is 10.0. The molecule has 52 valence electrons. The maximum absolute atomic E-state index is 10.0. The van der Waals surface area contributed by atoms with E-state index in [1.54, 1.807) is 0 Å². The van der Waals surface area contributed by atoms with Gasteiger partial charge in [-0.3, -0.25) is 0 Å². The minimum absolute atomic E-state index is 0.720. The Balaban J connectivity index is 2.63. The second kappa shape index (κ2) is 3.11. The van der Waals surface area contributed by atoms with E-state index in [4.69, 9.17) is 5.26 Å². The Bertz CT molecular complexity index is 202. The highest BCUT2D eigenvalue weighted by Crippen LogP contribution is 2.21. The van der Waals surface area contributed by atoms with Crippen LogP contribution in [-0.2, 0) is 0 Å². The topological polar surface area (TPSA) is 53.2 Å². The van der Waals surface area contributed by atoms with Gasteiger partial charge in [0.05, 0.1) is 6.07 Å². The van der Waals surface area contributed by atoms with Gasteiger partial charge >= 0.3 is 0 Å². The Hall–Kier alpha value is -1.17. The van der Waals surface area contributed by atoms with Crippen molar-refractivity contribution in [3.8, 4) is 6.07 Å². The number of nitriles is 1. The van der Waals surface area contributed by atoms with Crippen LogP contribution in [-0.4, -0.2) is 6.04 Å². The maximum atomic E-state index is 10.0. The van der Waals surface area contributed by atoms with Crippen LogP contribution >= 0.6 is 0 Å². The number of rotatable bonds is 2. The van der Waals surface area contributed by atoms with E-state index in [9.17, 15) is 4.91 Å². The van der Waals surface area contributed by atoms with Crippen molar-refractivity contribution in [1.82, 2.24) is 0 Å². The van der Waals surface area contributed by atoms with Crippen molar-refractivity contribution in [3.63, 3.8) is 0 Å².